The van der Waals surface area contributed by atoms with Crippen LogP contribution in [0.3, 0.4) is 0 Å². The molecule has 0 saturated carbocycles. The third-order valence-electron chi connectivity index (χ3n) is 3.03. The van der Waals surface area contributed by atoms with Crippen LogP contribution in [0.1, 0.15) is 5.56 Å². The molecule has 3 aromatic rings. The molecule has 3 rings (SSSR count). The summed E-state index contributed by atoms with van der Waals surface area (Å²) >= 11 is 6.29. The van der Waals surface area contributed by atoms with Crippen LogP contribution in [0.5, 0.6) is 0 Å². The molecule has 3 heteroatoms. The minimum Gasteiger partial charge on any atom is -0.240 e. The molecule has 0 N–H and O–H groups in total. The third-order valence-corrected chi connectivity index (χ3v) is 3.36. The van der Waals surface area contributed by atoms with Gasteiger partial charge in [-0.05, 0) is 36.8 Å². The van der Waals surface area contributed by atoms with E-state index in [2.05, 4.69) is 42.5 Å². The van der Waals surface area contributed by atoms with Gasteiger partial charge in [0.25, 0.3) is 0 Å². The van der Waals surface area contributed by atoms with Gasteiger partial charge in [-0.3, -0.25) is 0 Å². The van der Waals surface area contributed by atoms with Crippen LogP contribution < -0.4 is 0 Å². The second-order valence-corrected chi connectivity index (χ2v) is 4.83. The van der Waals surface area contributed by atoms with Crippen LogP contribution in [0.4, 0.5) is 0 Å². The molecule has 19 heavy (non-hydrogen) atoms. The van der Waals surface area contributed by atoms with Crippen molar-refractivity contribution in [3.8, 4) is 16.8 Å². The SMILES string of the molecule is Cc1ccc(-c2cc(-n3cc[c]n3)ccc2Cl)cc1. The lowest BCUT2D eigenvalue weighted by Gasteiger charge is -2.08. The summed E-state index contributed by atoms with van der Waals surface area (Å²) in [5.41, 5.74) is 4.32. The molecule has 0 fully saturated rings. The average Bonchev–Trinajstić information content (AvgIpc) is 2.94. The number of aromatic nitrogens is 2. The van der Waals surface area contributed by atoms with Gasteiger partial charge in [-0.2, -0.15) is 5.10 Å². The molecule has 2 aromatic carbocycles. The first-order valence-corrected chi connectivity index (χ1v) is 6.40. The van der Waals surface area contributed by atoms with E-state index < -0.39 is 0 Å². The summed E-state index contributed by atoms with van der Waals surface area (Å²) in [6.45, 7) is 2.07. The normalized spacial score (nSPS) is 10.6. The highest BCUT2D eigenvalue weighted by Gasteiger charge is 2.06. The van der Waals surface area contributed by atoms with Gasteiger partial charge in [-0.25, -0.2) is 4.68 Å². The van der Waals surface area contributed by atoms with E-state index in [1.807, 2.05) is 24.4 Å². The van der Waals surface area contributed by atoms with E-state index in [9.17, 15) is 0 Å². The van der Waals surface area contributed by atoms with Gasteiger partial charge in [-0.15, -0.1) is 0 Å². The van der Waals surface area contributed by atoms with Crippen LogP contribution in [0.15, 0.2) is 54.7 Å². The summed E-state index contributed by atoms with van der Waals surface area (Å²) in [6, 6.07) is 16.0. The fraction of sp³-hybridized carbons (Fsp3) is 0.0625. The van der Waals surface area contributed by atoms with E-state index in [1.54, 1.807) is 10.7 Å². The van der Waals surface area contributed by atoms with Crippen LogP contribution in [0, 0.1) is 13.1 Å². The van der Waals surface area contributed by atoms with Crippen molar-refractivity contribution in [2.75, 3.05) is 0 Å². The Morgan fingerprint density at radius 2 is 1.89 bits per heavy atom. The Morgan fingerprint density at radius 3 is 2.58 bits per heavy atom. The molecule has 0 aliphatic rings. The zero-order chi connectivity index (χ0) is 13.2. The first-order chi connectivity index (χ1) is 9.24. The predicted octanol–water partition coefficient (Wildman–Crippen LogP) is 4.30. The number of hydrogen-bond acceptors (Lipinski definition) is 1. The monoisotopic (exact) mass is 267 g/mol. The Kier molecular flexibility index (Phi) is 3.10. The second-order valence-electron chi connectivity index (χ2n) is 4.42. The summed E-state index contributed by atoms with van der Waals surface area (Å²) in [5, 5.41) is 4.85. The van der Waals surface area contributed by atoms with Gasteiger partial charge in [0.1, 0.15) is 6.20 Å². The molecule has 1 aromatic heterocycles. The molecule has 2 nitrogen and oxygen atoms in total. The van der Waals surface area contributed by atoms with Crippen molar-refractivity contribution >= 4 is 11.6 Å². The first-order valence-electron chi connectivity index (χ1n) is 6.03. The molecular formula is C16H12ClN2. The maximum Gasteiger partial charge on any atom is 0.113 e. The molecule has 0 aliphatic heterocycles. The van der Waals surface area contributed by atoms with Crippen molar-refractivity contribution in [3.63, 3.8) is 0 Å². The summed E-state index contributed by atoms with van der Waals surface area (Å²) < 4.78 is 1.77. The number of rotatable bonds is 2. The second kappa shape index (κ2) is 4.90. The van der Waals surface area contributed by atoms with E-state index >= 15 is 0 Å². The molecule has 1 radical (unpaired) electrons. The van der Waals surface area contributed by atoms with E-state index in [1.165, 1.54) is 5.56 Å². The van der Waals surface area contributed by atoms with E-state index in [0.29, 0.717) is 0 Å². The van der Waals surface area contributed by atoms with Gasteiger partial charge in [0.15, 0.2) is 0 Å². The molecule has 1 heterocycles. The Morgan fingerprint density at radius 1 is 1.11 bits per heavy atom. The summed E-state index contributed by atoms with van der Waals surface area (Å²) in [6.07, 6.45) is 4.65. The van der Waals surface area contributed by atoms with Gasteiger partial charge >= 0.3 is 0 Å². The number of nitrogens with zero attached hydrogens (tertiary/aromatic N) is 2. The fourth-order valence-electron chi connectivity index (χ4n) is 1.99. The molecule has 0 aliphatic carbocycles. The van der Waals surface area contributed by atoms with Crippen LogP contribution >= 0.6 is 11.6 Å². The van der Waals surface area contributed by atoms with Crippen LogP contribution in [-0.2, 0) is 0 Å². The lowest BCUT2D eigenvalue weighted by atomic mass is 10.0. The van der Waals surface area contributed by atoms with Crippen molar-refractivity contribution in [3.05, 3.63) is 71.5 Å². The Balaban J connectivity index is 2.10. The maximum absolute atomic E-state index is 6.29. The van der Waals surface area contributed by atoms with E-state index in [-0.39, 0.29) is 0 Å². The number of halogens is 1. The highest BCUT2D eigenvalue weighted by molar-refractivity contribution is 6.33. The Hall–Kier alpha value is -2.06. The molecular weight excluding hydrogens is 256 g/mol. The minimum absolute atomic E-state index is 0.740. The third kappa shape index (κ3) is 2.40. The summed E-state index contributed by atoms with van der Waals surface area (Å²) in [5.74, 6) is 0. The van der Waals surface area contributed by atoms with Crippen LogP contribution in [0.25, 0.3) is 16.8 Å². The standard InChI is InChI=1S/C16H12ClN2/c1-12-3-5-13(6-4-12)15-11-14(7-8-16(15)17)19-10-2-9-18-19/h2-8,10-11H,1H3. The first kappa shape index (κ1) is 12.0. The lowest BCUT2D eigenvalue weighted by Crippen LogP contribution is -1.94. The minimum atomic E-state index is 0.740. The van der Waals surface area contributed by atoms with Crippen molar-refractivity contribution < 1.29 is 0 Å². The van der Waals surface area contributed by atoms with Crippen molar-refractivity contribution in [2.45, 2.75) is 6.92 Å². The number of hydrogen-bond donors (Lipinski definition) is 0. The van der Waals surface area contributed by atoms with Gasteiger partial charge in [0.05, 0.1) is 5.69 Å². The number of benzene rings is 2. The lowest BCUT2D eigenvalue weighted by molar-refractivity contribution is 0.877. The molecule has 0 amide bonds. The smallest absolute Gasteiger partial charge is 0.113 e. The van der Waals surface area contributed by atoms with Crippen LogP contribution in [0.2, 0.25) is 5.02 Å². The van der Waals surface area contributed by atoms with Gasteiger partial charge in [0, 0.05) is 16.8 Å². The van der Waals surface area contributed by atoms with Crippen molar-refractivity contribution in [2.24, 2.45) is 0 Å². The molecule has 93 valence electrons. The van der Waals surface area contributed by atoms with E-state index in [4.69, 9.17) is 11.6 Å². The molecule has 0 atom stereocenters. The summed E-state index contributed by atoms with van der Waals surface area (Å²) in [7, 11) is 0. The molecule has 0 spiro atoms. The van der Waals surface area contributed by atoms with Gasteiger partial charge < -0.3 is 0 Å². The largest absolute Gasteiger partial charge is 0.240 e. The fourth-order valence-corrected chi connectivity index (χ4v) is 2.21. The predicted molar refractivity (Wildman–Crippen MR) is 77.6 cm³/mol. The highest BCUT2D eigenvalue weighted by Crippen LogP contribution is 2.30. The van der Waals surface area contributed by atoms with Gasteiger partial charge in [0.2, 0.25) is 0 Å². The highest BCUT2D eigenvalue weighted by atomic mass is 35.5. The molecule has 0 unspecified atom stereocenters. The zero-order valence-electron chi connectivity index (χ0n) is 10.5. The topological polar surface area (TPSA) is 17.8 Å². The van der Waals surface area contributed by atoms with Gasteiger partial charge in [-0.1, -0.05) is 41.4 Å². The summed E-state index contributed by atoms with van der Waals surface area (Å²) in [4.78, 5) is 0. The Bertz CT molecular complexity index is 685. The quantitative estimate of drug-likeness (QED) is 0.677. The van der Waals surface area contributed by atoms with Crippen LogP contribution in [-0.4, -0.2) is 9.78 Å². The Labute approximate surface area is 117 Å². The molecule has 0 saturated heterocycles. The average molecular weight is 268 g/mol. The van der Waals surface area contributed by atoms with Crippen molar-refractivity contribution in [1.29, 1.82) is 0 Å². The molecule has 0 bridgehead atoms. The van der Waals surface area contributed by atoms with E-state index in [0.717, 1.165) is 21.8 Å². The zero-order valence-corrected chi connectivity index (χ0v) is 11.2. The number of aryl methyl sites for hydroxylation is 1. The maximum atomic E-state index is 6.29. The van der Waals surface area contributed by atoms with Crippen molar-refractivity contribution in [1.82, 2.24) is 9.78 Å².